The van der Waals surface area contributed by atoms with E-state index in [1.807, 2.05) is 0 Å². The van der Waals surface area contributed by atoms with Gasteiger partial charge in [-0.2, -0.15) is 5.10 Å². The molecule has 132 valence electrons. The van der Waals surface area contributed by atoms with Gasteiger partial charge in [-0.15, -0.1) is 0 Å². The number of halogens is 3. The maximum Gasteiger partial charge on any atom is 0.140 e. The standard InChI is InChI=1S/C18H13ClF2N4O/c1-25-8-9(5-24-25)11-2-3-14(20)15(16(11)21)17(26)13-7-23-18-12(13)4-10(19)6-22-18/h2-8,17,26H,1H3,(H,22,23). The largest absolute Gasteiger partial charge is 0.383 e. The first-order chi connectivity index (χ1) is 12.5. The predicted octanol–water partition coefficient (Wildman–Crippen LogP) is 3.98. The molecule has 1 aromatic carbocycles. The molecule has 0 saturated carbocycles. The maximum atomic E-state index is 15.1. The maximum absolute atomic E-state index is 15.1. The second-order valence-electron chi connectivity index (χ2n) is 5.92. The zero-order chi connectivity index (χ0) is 18.4. The number of hydrogen-bond donors (Lipinski definition) is 2. The van der Waals surface area contributed by atoms with E-state index < -0.39 is 23.3 Å². The van der Waals surface area contributed by atoms with Gasteiger partial charge >= 0.3 is 0 Å². The molecule has 1 unspecified atom stereocenters. The molecule has 0 amide bonds. The van der Waals surface area contributed by atoms with E-state index in [2.05, 4.69) is 15.1 Å². The van der Waals surface area contributed by atoms with Gasteiger partial charge in [0, 0.05) is 47.7 Å². The van der Waals surface area contributed by atoms with Crippen LogP contribution in [0.5, 0.6) is 0 Å². The van der Waals surface area contributed by atoms with Gasteiger partial charge in [0.15, 0.2) is 0 Å². The normalized spacial score (nSPS) is 12.7. The van der Waals surface area contributed by atoms with Crippen molar-refractivity contribution >= 4 is 22.6 Å². The van der Waals surface area contributed by atoms with Crippen LogP contribution in [0, 0.1) is 11.6 Å². The predicted molar refractivity (Wildman–Crippen MR) is 93.7 cm³/mol. The van der Waals surface area contributed by atoms with E-state index in [0.717, 1.165) is 6.07 Å². The summed E-state index contributed by atoms with van der Waals surface area (Å²) >= 11 is 5.95. The zero-order valence-electron chi connectivity index (χ0n) is 13.5. The lowest BCUT2D eigenvalue weighted by Crippen LogP contribution is -2.06. The Bertz CT molecular complexity index is 1120. The minimum absolute atomic E-state index is 0.157. The number of benzene rings is 1. The van der Waals surface area contributed by atoms with Gasteiger partial charge < -0.3 is 10.1 Å². The molecule has 0 bridgehead atoms. The van der Waals surface area contributed by atoms with Gasteiger partial charge in [-0.25, -0.2) is 13.8 Å². The molecule has 3 heterocycles. The van der Waals surface area contributed by atoms with Crippen LogP contribution >= 0.6 is 11.6 Å². The van der Waals surface area contributed by atoms with Crippen molar-refractivity contribution in [2.75, 3.05) is 0 Å². The van der Waals surface area contributed by atoms with Gasteiger partial charge in [-0.1, -0.05) is 11.6 Å². The molecule has 1 atom stereocenters. The van der Waals surface area contributed by atoms with Gasteiger partial charge in [-0.05, 0) is 18.2 Å². The summed E-state index contributed by atoms with van der Waals surface area (Å²) in [6, 6.07) is 4.04. The number of hydrogen-bond acceptors (Lipinski definition) is 3. The fraction of sp³-hybridized carbons (Fsp3) is 0.111. The molecule has 4 aromatic rings. The highest BCUT2D eigenvalue weighted by Crippen LogP contribution is 2.35. The van der Waals surface area contributed by atoms with Crippen molar-refractivity contribution in [3.63, 3.8) is 0 Å². The molecule has 2 N–H and O–H groups in total. The molecular weight excluding hydrogens is 362 g/mol. The molecule has 0 spiro atoms. The van der Waals surface area contributed by atoms with Gasteiger partial charge in [0.25, 0.3) is 0 Å². The van der Waals surface area contributed by atoms with E-state index >= 15 is 4.39 Å². The Morgan fingerprint density at radius 3 is 2.81 bits per heavy atom. The van der Waals surface area contributed by atoms with Crippen molar-refractivity contribution in [2.45, 2.75) is 6.10 Å². The van der Waals surface area contributed by atoms with Crippen LogP contribution in [0.3, 0.4) is 0 Å². The summed E-state index contributed by atoms with van der Waals surface area (Å²) in [6.07, 6.45) is 4.47. The Balaban J connectivity index is 1.87. The second kappa shape index (κ2) is 6.19. The summed E-state index contributed by atoms with van der Waals surface area (Å²) in [5, 5.41) is 15.6. The molecule has 4 rings (SSSR count). The molecule has 0 saturated heterocycles. The van der Waals surface area contributed by atoms with Crippen molar-refractivity contribution in [3.05, 3.63) is 70.8 Å². The third-order valence-electron chi connectivity index (χ3n) is 4.24. The highest BCUT2D eigenvalue weighted by Gasteiger charge is 2.25. The van der Waals surface area contributed by atoms with Gasteiger partial charge in [0.05, 0.1) is 16.8 Å². The third kappa shape index (κ3) is 2.65. The van der Waals surface area contributed by atoms with Crippen LogP contribution < -0.4 is 0 Å². The highest BCUT2D eigenvalue weighted by atomic mass is 35.5. The van der Waals surface area contributed by atoms with Crippen molar-refractivity contribution in [2.24, 2.45) is 7.05 Å². The zero-order valence-corrected chi connectivity index (χ0v) is 14.3. The topological polar surface area (TPSA) is 66.7 Å². The van der Waals surface area contributed by atoms with Crippen molar-refractivity contribution in [1.29, 1.82) is 0 Å². The number of H-pyrrole nitrogens is 1. The lowest BCUT2D eigenvalue weighted by atomic mass is 9.96. The minimum atomic E-state index is -1.53. The number of aliphatic hydroxyl groups excluding tert-OH is 1. The van der Waals surface area contributed by atoms with Crippen LogP contribution in [0.2, 0.25) is 5.02 Å². The summed E-state index contributed by atoms with van der Waals surface area (Å²) < 4.78 is 31.0. The van der Waals surface area contributed by atoms with Crippen LogP contribution in [0.4, 0.5) is 8.78 Å². The Morgan fingerprint density at radius 1 is 1.27 bits per heavy atom. The minimum Gasteiger partial charge on any atom is -0.383 e. The number of aromatic nitrogens is 4. The number of pyridine rings is 1. The van der Waals surface area contributed by atoms with Crippen molar-refractivity contribution in [1.82, 2.24) is 19.7 Å². The quantitative estimate of drug-likeness (QED) is 0.570. The first-order valence-corrected chi connectivity index (χ1v) is 8.11. The SMILES string of the molecule is Cn1cc(-c2ccc(F)c(C(O)c3c[nH]c4ncc(Cl)cc34)c2F)cn1. The first-order valence-electron chi connectivity index (χ1n) is 7.73. The molecule has 3 aromatic heterocycles. The number of nitrogens with one attached hydrogen (secondary N) is 1. The van der Waals surface area contributed by atoms with Gasteiger partial charge in [0.1, 0.15) is 23.4 Å². The summed E-state index contributed by atoms with van der Waals surface area (Å²) in [6.45, 7) is 0. The molecule has 0 radical (unpaired) electrons. The second-order valence-corrected chi connectivity index (χ2v) is 6.36. The number of aliphatic hydroxyl groups is 1. The van der Waals surface area contributed by atoms with Crippen LogP contribution in [-0.4, -0.2) is 24.9 Å². The van der Waals surface area contributed by atoms with E-state index in [1.54, 1.807) is 19.3 Å². The van der Waals surface area contributed by atoms with E-state index in [0.29, 0.717) is 21.6 Å². The van der Waals surface area contributed by atoms with Crippen molar-refractivity contribution in [3.8, 4) is 11.1 Å². The summed E-state index contributed by atoms with van der Waals surface area (Å²) in [4.78, 5) is 6.96. The first kappa shape index (κ1) is 16.7. The average molecular weight is 375 g/mol. The van der Waals surface area contributed by atoms with Crippen LogP contribution in [0.15, 0.2) is 43.0 Å². The lowest BCUT2D eigenvalue weighted by Gasteiger charge is -2.14. The number of fused-ring (bicyclic) bond motifs is 1. The molecule has 0 aliphatic heterocycles. The number of aromatic amines is 1. The number of rotatable bonds is 3. The smallest absolute Gasteiger partial charge is 0.140 e. The van der Waals surface area contributed by atoms with E-state index in [-0.39, 0.29) is 11.1 Å². The molecule has 26 heavy (non-hydrogen) atoms. The fourth-order valence-corrected chi connectivity index (χ4v) is 3.14. The van der Waals surface area contributed by atoms with Gasteiger partial charge in [-0.3, -0.25) is 4.68 Å². The number of nitrogens with zero attached hydrogens (tertiary/aromatic N) is 3. The molecule has 0 aliphatic rings. The van der Waals surface area contributed by atoms with Crippen LogP contribution in [0.1, 0.15) is 17.2 Å². The number of aryl methyl sites for hydroxylation is 1. The van der Waals surface area contributed by atoms with E-state index in [4.69, 9.17) is 11.6 Å². The van der Waals surface area contributed by atoms with Crippen LogP contribution in [0.25, 0.3) is 22.2 Å². The van der Waals surface area contributed by atoms with E-state index in [9.17, 15) is 9.50 Å². The highest BCUT2D eigenvalue weighted by molar-refractivity contribution is 6.31. The molecule has 8 heteroatoms. The Hall–Kier alpha value is -2.77. The molecule has 0 aliphatic carbocycles. The lowest BCUT2D eigenvalue weighted by molar-refractivity contribution is 0.210. The average Bonchev–Trinajstić information content (AvgIpc) is 3.20. The summed E-state index contributed by atoms with van der Waals surface area (Å²) in [7, 11) is 1.70. The third-order valence-corrected chi connectivity index (χ3v) is 4.45. The van der Waals surface area contributed by atoms with Crippen LogP contribution in [-0.2, 0) is 7.05 Å². The Labute approximate surface area is 151 Å². The molecule has 0 fully saturated rings. The Morgan fingerprint density at radius 2 is 2.08 bits per heavy atom. The summed E-state index contributed by atoms with van der Waals surface area (Å²) in [5.41, 5.74) is 0.961. The van der Waals surface area contributed by atoms with Gasteiger partial charge in [0.2, 0.25) is 0 Å². The van der Waals surface area contributed by atoms with Crippen molar-refractivity contribution < 1.29 is 13.9 Å². The van der Waals surface area contributed by atoms with E-state index in [1.165, 1.54) is 29.3 Å². The Kier molecular flexibility index (Phi) is 3.97. The summed E-state index contributed by atoms with van der Waals surface area (Å²) in [5.74, 6) is -1.68. The fourth-order valence-electron chi connectivity index (χ4n) is 2.98. The molecular formula is C18H13ClF2N4O. The monoisotopic (exact) mass is 374 g/mol. The molecule has 5 nitrogen and oxygen atoms in total.